The molecule has 0 spiro atoms. The second kappa shape index (κ2) is 10.0. The van der Waals surface area contributed by atoms with E-state index in [0.29, 0.717) is 16.6 Å². The van der Waals surface area contributed by atoms with Gasteiger partial charge in [-0.1, -0.05) is 72.4 Å². The molecule has 2 heterocycles. The molecule has 5 rings (SSSR count). The van der Waals surface area contributed by atoms with E-state index in [2.05, 4.69) is 15.6 Å². The molecule has 3 aromatic carbocycles. The maximum absolute atomic E-state index is 13.5. The Bertz CT molecular complexity index is 1490. The average molecular weight is 500 g/mol. The van der Waals surface area contributed by atoms with Crippen molar-refractivity contribution in [2.24, 2.45) is 4.99 Å². The number of carbonyl (C=O) groups excluding carboxylic acids is 2. The van der Waals surface area contributed by atoms with Crippen LogP contribution in [0, 0.1) is 0 Å². The molecule has 1 N–H and O–H groups in total. The molecule has 0 saturated heterocycles. The number of nitrogens with zero attached hydrogens (tertiary/aromatic N) is 5. The molecule has 0 unspecified atom stereocenters. The number of nitrogens with one attached hydrogen (secondary N) is 1. The van der Waals surface area contributed by atoms with Crippen LogP contribution in [-0.2, 0) is 9.59 Å². The van der Waals surface area contributed by atoms with Crippen LogP contribution < -0.4 is 20.0 Å². The first-order valence-electron chi connectivity index (χ1n) is 11.2. The molecule has 1 aromatic heterocycles. The number of hydrogen-bond donors (Lipinski definition) is 1. The number of fused-ring (bicyclic) bond motifs is 1. The van der Waals surface area contributed by atoms with Crippen molar-refractivity contribution in [1.29, 1.82) is 0 Å². The number of anilines is 2. The summed E-state index contributed by atoms with van der Waals surface area (Å²) < 4.78 is 5.12. The van der Waals surface area contributed by atoms with Crippen LogP contribution in [0.3, 0.4) is 0 Å². The van der Waals surface area contributed by atoms with E-state index in [4.69, 9.17) is 4.52 Å². The van der Waals surface area contributed by atoms with Gasteiger partial charge in [0.1, 0.15) is 5.70 Å². The van der Waals surface area contributed by atoms with Gasteiger partial charge in [0.05, 0.1) is 30.3 Å². The molecule has 1 aliphatic heterocycles. The van der Waals surface area contributed by atoms with Gasteiger partial charge in [-0.05, 0) is 34.5 Å². The normalized spacial score (nSPS) is 14.4. The zero-order valence-electron chi connectivity index (χ0n) is 19.7. The van der Waals surface area contributed by atoms with E-state index in [1.165, 1.54) is 21.5 Å². The van der Waals surface area contributed by atoms with Crippen molar-refractivity contribution < 1.29 is 18.9 Å². The first-order chi connectivity index (χ1) is 17.5. The molecule has 2 amide bonds. The fourth-order valence-electron chi connectivity index (χ4n) is 3.71. The van der Waals surface area contributed by atoms with Crippen molar-refractivity contribution in [2.45, 2.75) is 0 Å². The minimum Gasteiger partial charge on any atom is -0.288 e. The fraction of sp³-hybridized carbons (Fsp3) is 0.115. The lowest BCUT2D eigenvalue weighted by Crippen LogP contribution is -2.53. The van der Waals surface area contributed by atoms with Gasteiger partial charge >= 0.3 is 5.88 Å². The van der Waals surface area contributed by atoms with Gasteiger partial charge in [-0.3, -0.25) is 24.3 Å². The number of amidine groups is 1. The molecule has 0 atom stereocenters. The smallest absolute Gasteiger partial charge is 0.288 e. The van der Waals surface area contributed by atoms with Crippen molar-refractivity contribution in [1.82, 2.24) is 5.27 Å². The first-order valence-corrected chi connectivity index (χ1v) is 12.1. The summed E-state index contributed by atoms with van der Waals surface area (Å²) in [7, 11) is 3.58. The summed E-state index contributed by atoms with van der Waals surface area (Å²) >= 11 is 1.17. The predicted octanol–water partition coefficient (Wildman–Crippen LogP) is 3.43. The molecular formula is C26H23N6O3S+. The van der Waals surface area contributed by atoms with Gasteiger partial charge in [0.15, 0.2) is 5.17 Å². The molecule has 4 aromatic rings. The highest BCUT2D eigenvalue weighted by atomic mass is 32.2. The minimum atomic E-state index is -0.309. The standard InChI is InChI=1S/C26H22N6O3S/c1-30(2)31-16-24(35-29-31)28-23(33)17-36-26-27-22(25(34)32(26)20-12-4-3-5-13-20)15-19-11-8-10-18-9-6-7-14-21(18)19/h3-16H,17H2,1-2H3/p+1/b22-15+. The number of thioether (sulfide) groups is 1. The van der Waals surface area contributed by atoms with Crippen LogP contribution in [0.25, 0.3) is 16.8 Å². The summed E-state index contributed by atoms with van der Waals surface area (Å²) in [5, 5.41) is 10.7. The Kier molecular flexibility index (Phi) is 6.50. The molecule has 36 heavy (non-hydrogen) atoms. The summed E-state index contributed by atoms with van der Waals surface area (Å²) in [5.41, 5.74) is 1.88. The van der Waals surface area contributed by atoms with Crippen LogP contribution in [0.5, 0.6) is 0 Å². The lowest BCUT2D eigenvalue weighted by atomic mass is 10.0. The first kappa shape index (κ1) is 23.3. The lowest BCUT2D eigenvalue weighted by Gasteiger charge is -2.17. The second-order valence-electron chi connectivity index (χ2n) is 8.14. The maximum Gasteiger partial charge on any atom is 0.305 e. The van der Waals surface area contributed by atoms with Crippen molar-refractivity contribution in [3.8, 4) is 0 Å². The van der Waals surface area contributed by atoms with E-state index >= 15 is 0 Å². The number of benzene rings is 3. The Labute approximate surface area is 211 Å². The number of amides is 2. The van der Waals surface area contributed by atoms with Crippen LogP contribution in [0.1, 0.15) is 5.56 Å². The Morgan fingerprint density at radius 3 is 2.61 bits per heavy atom. The zero-order chi connectivity index (χ0) is 25.1. The highest BCUT2D eigenvalue weighted by Gasteiger charge is 2.32. The van der Waals surface area contributed by atoms with Gasteiger partial charge in [-0.2, -0.15) is 5.01 Å². The highest BCUT2D eigenvalue weighted by Crippen LogP contribution is 2.30. The summed E-state index contributed by atoms with van der Waals surface area (Å²) in [6.07, 6.45) is 3.35. The van der Waals surface area contributed by atoms with Gasteiger partial charge in [0.2, 0.25) is 11.2 Å². The van der Waals surface area contributed by atoms with Gasteiger partial charge < -0.3 is 0 Å². The Morgan fingerprint density at radius 2 is 1.83 bits per heavy atom. The summed E-state index contributed by atoms with van der Waals surface area (Å²) in [6.45, 7) is 0. The Balaban J connectivity index is 1.40. The van der Waals surface area contributed by atoms with Crippen molar-refractivity contribution >= 4 is 57.2 Å². The van der Waals surface area contributed by atoms with Gasteiger partial charge in [0.25, 0.3) is 12.1 Å². The molecule has 9 nitrogen and oxygen atoms in total. The number of aliphatic imine (C=N–C) groups is 1. The third-order valence-electron chi connectivity index (χ3n) is 5.42. The summed E-state index contributed by atoms with van der Waals surface area (Å²) in [5.74, 6) is -0.314. The van der Waals surface area contributed by atoms with E-state index in [0.717, 1.165) is 16.3 Å². The Hall–Kier alpha value is -4.44. The third-order valence-corrected chi connectivity index (χ3v) is 6.36. The number of rotatable bonds is 6. The fourth-order valence-corrected chi connectivity index (χ4v) is 4.52. The molecular weight excluding hydrogens is 476 g/mol. The molecule has 0 saturated carbocycles. The number of carbonyl (C=O) groups is 2. The maximum atomic E-state index is 13.5. The molecule has 0 bridgehead atoms. The van der Waals surface area contributed by atoms with E-state index in [1.54, 1.807) is 31.4 Å². The lowest BCUT2D eigenvalue weighted by molar-refractivity contribution is -0.753. The quantitative estimate of drug-likeness (QED) is 0.323. The third kappa shape index (κ3) is 4.84. The van der Waals surface area contributed by atoms with Gasteiger partial charge in [-0.25, -0.2) is 4.99 Å². The monoisotopic (exact) mass is 499 g/mol. The van der Waals surface area contributed by atoms with Gasteiger partial charge in [0, 0.05) is 0 Å². The van der Waals surface area contributed by atoms with Crippen LogP contribution in [0.15, 0.2) is 94.2 Å². The van der Waals surface area contributed by atoms with E-state index < -0.39 is 0 Å². The van der Waals surface area contributed by atoms with Crippen molar-refractivity contribution in [3.05, 3.63) is 90.3 Å². The van der Waals surface area contributed by atoms with E-state index in [1.807, 2.05) is 72.8 Å². The molecule has 10 heteroatoms. The van der Waals surface area contributed by atoms with Crippen LogP contribution in [0.4, 0.5) is 11.6 Å². The topological polar surface area (TPSA) is 94.9 Å². The zero-order valence-corrected chi connectivity index (χ0v) is 20.5. The molecule has 0 fully saturated rings. The molecule has 180 valence electrons. The molecule has 1 aliphatic rings. The van der Waals surface area contributed by atoms with Crippen molar-refractivity contribution in [3.63, 3.8) is 0 Å². The second-order valence-corrected chi connectivity index (χ2v) is 9.08. The Morgan fingerprint density at radius 1 is 1.08 bits per heavy atom. The highest BCUT2D eigenvalue weighted by molar-refractivity contribution is 8.14. The van der Waals surface area contributed by atoms with Crippen LogP contribution in [0.2, 0.25) is 0 Å². The van der Waals surface area contributed by atoms with Crippen LogP contribution >= 0.6 is 11.8 Å². The van der Waals surface area contributed by atoms with Gasteiger partial charge in [-0.15, -0.1) is 0 Å². The van der Waals surface area contributed by atoms with E-state index in [-0.39, 0.29) is 23.5 Å². The van der Waals surface area contributed by atoms with Crippen molar-refractivity contribution in [2.75, 3.05) is 35.1 Å². The SMILES string of the molecule is CN(C)[n+]1cc(NC(=O)CSC2=N/C(=C/c3cccc4ccccc34)C(=O)N2c2ccccc2)on1. The summed E-state index contributed by atoms with van der Waals surface area (Å²) in [6, 6.07) is 23.2. The number of para-hydroxylation sites is 1. The van der Waals surface area contributed by atoms with Crippen LogP contribution in [-0.4, -0.2) is 42.1 Å². The number of hydrogen-bond acceptors (Lipinski definition) is 7. The largest absolute Gasteiger partial charge is 0.305 e. The number of aromatic nitrogens is 2. The minimum absolute atomic E-state index is 0.0274. The van der Waals surface area contributed by atoms with E-state index in [9.17, 15) is 9.59 Å². The predicted molar refractivity (Wildman–Crippen MR) is 141 cm³/mol. The molecule has 0 radical (unpaired) electrons. The summed E-state index contributed by atoms with van der Waals surface area (Å²) in [4.78, 5) is 33.6. The molecule has 0 aliphatic carbocycles. The average Bonchev–Trinajstić information content (AvgIpc) is 3.48.